The largest absolute Gasteiger partial charge is 0.495 e. The van der Waals surface area contributed by atoms with E-state index in [0.29, 0.717) is 28.0 Å². The molecule has 0 heterocycles. The van der Waals surface area contributed by atoms with Gasteiger partial charge in [-0.15, -0.1) is 0 Å². The first-order chi connectivity index (χ1) is 19.6. The molecule has 4 aromatic carbocycles. The van der Waals surface area contributed by atoms with Crippen LogP contribution in [-0.2, 0) is 14.8 Å². The maximum Gasteiger partial charge on any atom is 0.261 e. The summed E-state index contributed by atoms with van der Waals surface area (Å²) >= 11 is 12.2. The van der Waals surface area contributed by atoms with Crippen LogP contribution < -0.4 is 24.8 Å². The first kappa shape index (κ1) is 29.7. The quantitative estimate of drug-likeness (QED) is 0.194. The minimum Gasteiger partial charge on any atom is -0.495 e. The topological polar surface area (TPSA) is 123 Å². The Labute approximate surface area is 247 Å². The molecule has 0 aliphatic carbocycles. The summed E-state index contributed by atoms with van der Waals surface area (Å²) in [7, 11) is -2.63. The van der Waals surface area contributed by atoms with Crippen molar-refractivity contribution in [2.24, 2.45) is 0 Å². The highest BCUT2D eigenvalue weighted by Gasteiger charge is 2.20. The minimum atomic E-state index is -4.11. The van der Waals surface area contributed by atoms with E-state index < -0.39 is 21.8 Å². The second-order valence-electron chi connectivity index (χ2n) is 8.73. The van der Waals surface area contributed by atoms with Gasteiger partial charge >= 0.3 is 0 Å². The van der Waals surface area contributed by atoms with Gasteiger partial charge < -0.3 is 20.1 Å². The standard InChI is InChI=1S/C29H25Cl2N3O6S/c1-18-7-14-27(39-2)25(15-18)33-28(35)17-32-29(36)22-16-19(30)8-13-24(22)34-41(37,38)21-11-9-20(10-12-21)40-26-6-4-3-5-23(26)31/h3-16,34H,17H2,1-2H3,(H,32,36)(H,33,35). The van der Waals surface area contributed by atoms with E-state index in [-0.39, 0.29) is 27.7 Å². The summed E-state index contributed by atoms with van der Waals surface area (Å²) in [4.78, 5) is 25.4. The third-order valence-electron chi connectivity index (χ3n) is 5.71. The first-order valence-corrected chi connectivity index (χ1v) is 14.4. The lowest BCUT2D eigenvalue weighted by atomic mass is 10.1. The van der Waals surface area contributed by atoms with Crippen LogP contribution in [-0.4, -0.2) is 33.9 Å². The predicted octanol–water partition coefficient (Wildman–Crippen LogP) is 6.27. The average molecular weight is 615 g/mol. The van der Waals surface area contributed by atoms with Crippen molar-refractivity contribution in [1.29, 1.82) is 0 Å². The molecule has 0 spiro atoms. The van der Waals surface area contributed by atoms with Crippen molar-refractivity contribution in [3.8, 4) is 17.2 Å². The molecule has 41 heavy (non-hydrogen) atoms. The number of hydrogen-bond donors (Lipinski definition) is 3. The van der Waals surface area contributed by atoms with E-state index in [1.807, 2.05) is 13.0 Å². The second kappa shape index (κ2) is 12.9. The molecule has 0 atom stereocenters. The van der Waals surface area contributed by atoms with E-state index in [0.717, 1.165) is 5.56 Å². The minimum absolute atomic E-state index is 0.0240. The highest BCUT2D eigenvalue weighted by atomic mass is 35.5. The fourth-order valence-corrected chi connectivity index (χ4v) is 5.13. The maximum absolute atomic E-state index is 13.1. The summed E-state index contributed by atoms with van der Waals surface area (Å²) < 4.78 is 39.6. The average Bonchev–Trinajstić information content (AvgIpc) is 2.94. The Hall–Kier alpha value is -4.25. The van der Waals surface area contributed by atoms with Gasteiger partial charge in [0.25, 0.3) is 15.9 Å². The lowest BCUT2D eigenvalue weighted by Crippen LogP contribution is -2.33. The number of benzene rings is 4. The van der Waals surface area contributed by atoms with E-state index in [1.54, 1.807) is 36.4 Å². The Kier molecular flexibility index (Phi) is 9.38. The van der Waals surface area contributed by atoms with Crippen LogP contribution in [0.15, 0.2) is 89.8 Å². The molecule has 3 N–H and O–H groups in total. The molecule has 0 aliphatic rings. The number of aryl methyl sites for hydroxylation is 1. The predicted molar refractivity (Wildman–Crippen MR) is 159 cm³/mol. The van der Waals surface area contributed by atoms with Gasteiger partial charge in [-0.05, 0) is 79.2 Å². The van der Waals surface area contributed by atoms with Crippen molar-refractivity contribution < 1.29 is 27.5 Å². The molecule has 0 aliphatic heterocycles. The number of ether oxygens (including phenoxy) is 2. The lowest BCUT2D eigenvalue weighted by Gasteiger charge is -2.14. The summed E-state index contributed by atoms with van der Waals surface area (Å²) in [6.07, 6.45) is 0. The van der Waals surface area contributed by atoms with Gasteiger partial charge in [-0.25, -0.2) is 8.42 Å². The monoisotopic (exact) mass is 613 g/mol. The highest BCUT2D eigenvalue weighted by Crippen LogP contribution is 2.30. The summed E-state index contributed by atoms with van der Waals surface area (Å²) in [6, 6.07) is 21.9. The summed E-state index contributed by atoms with van der Waals surface area (Å²) in [6.45, 7) is 1.48. The van der Waals surface area contributed by atoms with Gasteiger partial charge in [0.1, 0.15) is 17.2 Å². The molecule has 0 saturated carbocycles. The zero-order valence-electron chi connectivity index (χ0n) is 21.9. The summed E-state index contributed by atoms with van der Waals surface area (Å²) in [5.74, 6) is 0.0485. The van der Waals surface area contributed by atoms with Crippen LogP contribution in [0.4, 0.5) is 11.4 Å². The highest BCUT2D eigenvalue weighted by molar-refractivity contribution is 7.92. The van der Waals surface area contributed by atoms with Crippen LogP contribution in [0, 0.1) is 6.92 Å². The van der Waals surface area contributed by atoms with Crippen molar-refractivity contribution in [3.05, 3.63) is 106 Å². The molecule has 9 nitrogen and oxygen atoms in total. The molecule has 2 amide bonds. The zero-order valence-corrected chi connectivity index (χ0v) is 24.2. The van der Waals surface area contributed by atoms with Gasteiger partial charge in [0, 0.05) is 5.02 Å². The lowest BCUT2D eigenvalue weighted by molar-refractivity contribution is -0.115. The van der Waals surface area contributed by atoms with E-state index >= 15 is 0 Å². The van der Waals surface area contributed by atoms with Crippen molar-refractivity contribution in [1.82, 2.24) is 5.32 Å². The Balaban J connectivity index is 1.45. The van der Waals surface area contributed by atoms with Crippen LogP contribution in [0.5, 0.6) is 17.2 Å². The zero-order chi connectivity index (χ0) is 29.6. The third-order valence-corrected chi connectivity index (χ3v) is 7.64. The molecule has 0 saturated heterocycles. The molecule has 0 aromatic heterocycles. The number of halogens is 2. The van der Waals surface area contributed by atoms with Crippen molar-refractivity contribution in [2.75, 3.05) is 23.7 Å². The molecule has 12 heteroatoms. The van der Waals surface area contributed by atoms with E-state index in [9.17, 15) is 18.0 Å². The fourth-order valence-electron chi connectivity index (χ4n) is 3.71. The first-order valence-electron chi connectivity index (χ1n) is 12.1. The van der Waals surface area contributed by atoms with Gasteiger partial charge in [-0.1, -0.05) is 41.4 Å². The Bertz CT molecular complexity index is 1700. The van der Waals surface area contributed by atoms with Crippen LogP contribution in [0.1, 0.15) is 15.9 Å². The Morgan fingerprint density at radius 1 is 0.854 bits per heavy atom. The number of anilines is 2. The normalized spacial score (nSPS) is 10.9. The number of methoxy groups -OCH3 is 1. The smallest absolute Gasteiger partial charge is 0.261 e. The van der Waals surface area contributed by atoms with Crippen molar-refractivity contribution >= 4 is 56.4 Å². The number of nitrogens with one attached hydrogen (secondary N) is 3. The maximum atomic E-state index is 13.1. The summed E-state index contributed by atoms with van der Waals surface area (Å²) in [5.41, 5.74) is 1.26. The number of amides is 2. The van der Waals surface area contributed by atoms with Gasteiger partial charge in [-0.2, -0.15) is 0 Å². The molecule has 0 bridgehead atoms. The van der Waals surface area contributed by atoms with Crippen LogP contribution >= 0.6 is 23.2 Å². The van der Waals surface area contributed by atoms with Crippen LogP contribution in [0.25, 0.3) is 0 Å². The fraction of sp³-hybridized carbons (Fsp3) is 0.103. The Morgan fingerprint density at radius 3 is 2.29 bits per heavy atom. The molecule has 0 unspecified atom stereocenters. The van der Waals surface area contributed by atoms with E-state index in [2.05, 4.69) is 15.4 Å². The Morgan fingerprint density at radius 2 is 1.59 bits per heavy atom. The van der Waals surface area contributed by atoms with Gasteiger partial charge in [0.05, 0.1) is 40.5 Å². The molecule has 0 radical (unpaired) electrons. The molecular weight excluding hydrogens is 589 g/mol. The number of carbonyl (C=O) groups excluding carboxylic acids is 2. The molecule has 4 aromatic rings. The number of sulfonamides is 1. The van der Waals surface area contributed by atoms with Crippen molar-refractivity contribution in [2.45, 2.75) is 11.8 Å². The molecule has 4 rings (SSSR count). The second-order valence-corrected chi connectivity index (χ2v) is 11.3. The third kappa shape index (κ3) is 7.69. The van der Waals surface area contributed by atoms with E-state index in [4.69, 9.17) is 32.7 Å². The molecular formula is C29H25Cl2N3O6S. The molecule has 212 valence electrons. The molecule has 0 fully saturated rings. The van der Waals surface area contributed by atoms with Gasteiger partial charge in [0.15, 0.2) is 0 Å². The van der Waals surface area contributed by atoms with Crippen LogP contribution in [0.3, 0.4) is 0 Å². The van der Waals surface area contributed by atoms with Crippen molar-refractivity contribution in [3.63, 3.8) is 0 Å². The van der Waals surface area contributed by atoms with Crippen LogP contribution in [0.2, 0.25) is 10.0 Å². The number of para-hydroxylation sites is 1. The van der Waals surface area contributed by atoms with E-state index in [1.165, 1.54) is 49.6 Å². The number of hydrogen-bond acceptors (Lipinski definition) is 6. The summed E-state index contributed by atoms with van der Waals surface area (Å²) in [5, 5.41) is 5.78. The number of carbonyl (C=O) groups is 2. The van der Waals surface area contributed by atoms with Gasteiger partial charge in [-0.3, -0.25) is 14.3 Å². The SMILES string of the molecule is COc1ccc(C)cc1NC(=O)CNC(=O)c1cc(Cl)ccc1NS(=O)(=O)c1ccc(Oc2ccccc2Cl)cc1. The number of rotatable bonds is 10. The van der Waals surface area contributed by atoms with Gasteiger partial charge in [0.2, 0.25) is 5.91 Å².